The van der Waals surface area contributed by atoms with Gasteiger partial charge in [-0.05, 0) is 26.3 Å². The van der Waals surface area contributed by atoms with Crippen molar-refractivity contribution in [1.82, 2.24) is 25.5 Å². The molecular formula is C14H19N5O2. The lowest BCUT2D eigenvalue weighted by atomic mass is 9.98. The molecule has 0 radical (unpaired) electrons. The highest BCUT2D eigenvalue weighted by Gasteiger charge is 2.36. The number of H-pyrrole nitrogens is 1. The van der Waals surface area contributed by atoms with E-state index in [1.165, 1.54) is 4.90 Å². The topological polar surface area (TPSA) is 95.0 Å². The fourth-order valence-electron chi connectivity index (χ4n) is 2.33. The van der Waals surface area contributed by atoms with E-state index in [2.05, 4.69) is 20.6 Å². The average molecular weight is 289 g/mol. The molecule has 0 spiro atoms. The summed E-state index contributed by atoms with van der Waals surface area (Å²) in [5, 5.41) is 23.5. The summed E-state index contributed by atoms with van der Waals surface area (Å²) in [6.45, 7) is 5.54. The van der Waals surface area contributed by atoms with Crippen molar-refractivity contribution >= 4 is 6.09 Å². The van der Waals surface area contributed by atoms with Crippen LogP contribution in [-0.2, 0) is 6.42 Å². The molecule has 7 heteroatoms. The van der Waals surface area contributed by atoms with Crippen molar-refractivity contribution in [3.05, 3.63) is 41.7 Å². The summed E-state index contributed by atoms with van der Waals surface area (Å²) in [7, 11) is 0. The summed E-state index contributed by atoms with van der Waals surface area (Å²) in [5.74, 6) is 0.371. The van der Waals surface area contributed by atoms with E-state index in [-0.39, 0.29) is 0 Å². The third-order valence-corrected chi connectivity index (χ3v) is 3.17. The van der Waals surface area contributed by atoms with Crippen LogP contribution in [0, 0.1) is 0 Å². The van der Waals surface area contributed by atoms with Gasteiger partial charge in [-0.3, -0.25) is 4.90 Å². The molecule has 2 rings (SSSR count). The van der Waals surface area contributed by atoms with E-state index in [4.69, 9.17) is 0 Å². The minimum atomic E-state index is -1.01. The Kier molecular flexibility index (Phi) is 4.21. The monoisotopic (exact) mass is 289 g/mol. The quantitative estimate of drug-likeness (QED) is 0.900. The number of nitrogens with zero attached hydrogens (tertiary/aromatic N) is 4. The minimum absolute atomic E-state index is 0.371. The number of carboxylic acid groups (broad SMARTS) is 1. The van der Waals surface area contributed by atoms with Gasteiger partial charge in [0.15, 0.2) is 5.82 Å². The first kappa shape index (κ1) is 15.0. The second-order valence-electron chi connectivity index (χ2n) is 5.80. The standard InChI is InChI=1S/C14H19N5O2/c1-14(2,3)19(13(20)21)11(12-15-17-18-16-12)9-10-7-5-4-6-8-10/h4-8,11H,9H2,1-3H3,(H,20,21)(H,15,16,17,18)/t11-/m0/s1. The van der Waals surface area contributed by atoms with Gasteiger partial charge in [0.05, 0.1) is 0 Å². The van der Waals surface area contributed by atoms with Crippen LogP contribution in [-0.4, -0.2) is 42.3 Å². The molecule has 1 aromatic carbocycles. The zero-order valence-corrected chi connectivity index (χ0v) is 12.3. The van der Waals surface area contributed by atoms with Gasteiger partial charge in [-0.2, -0.15) is 5.21 Å². The zero-order valence-electron chi connectivity index (χ0n) is 12.3. The summed E-state index contributed by atoms with van der Waals surface area (Å²) >= 11 is 0. The number of aromatic nitrogens is 4. The molecular weight excluding hydrogens is 270 g/mol. The number of carbonyl (C=O) groups is 1. The number of aromatic amines is 1. The lowest BCUT2D eigenvalue weighted by Crippen LogP contribution is -2.48. The van der Waals surface area contributed by atoms with Crippen LogP contribution in [0.4, 0.5) is 4.79 Å². The molecule has 0 aliphatic carbocycles. The maximum Gasteiger partial charge on any atom is 0.408 e. The van der Waals surface area contributed by atoms with Gasteiger partial charge in [0.2, 0.25) is 0 Å². The van der Waals surface area contributed by atoms with Crippen LogP contribution in [0.1, 0.15) is 38.2 Å². The van der Waals surface area contributed by atoms with Crippen LogP contribution in [0.5, 0.6) is 0 Å². The summed E-state index contributed by atoms with van der Waals surface area (Å²) < 4.78 is 0. The van der Waals surface area contributed by atoms with Crippen LogP contribution in [0.2, 0.25) is 0 Å². The number of benzene rings is 1. The normalized spacial score (nSPS) is 12.9. The first-order valence-corrected chi connectivity index (χ1v) is 6.69. The van der Waals surface area contributed by atoms with E-state index in [1.54, 1.807) is 0 Å². The summed E-state index contributed by atoms with van der Waals surface area (Å²) in [6.07, 6.45) is -0.516. The minimum Gasteiger partial charge on any atom is -0.465 e. The second-order valence-corrected chi connectivity index (χ2v) is 5.80. The van der Waals surface area contributed by atoms with Crippen molar-refractivity contribution in [1.29, 1.82) is 0 Å². The Morgan fingerprint density at radius 3 is 2.48 bits per heavy atom. The van der Waals surface area contributed by atoms with Gasteiger partial charge in [-0.15, -0.1) is 10.2 Å². The lowest BCUT2D eigenvalue weighted by Gasteiger charge is -2.38. The maximum atomic E-state index is 11.7. The van der Waals surface area contributed by atoms with E-state index in [0.29, 0.717) is 12.2 Å². The Bertz CT molecular complexity index is 577. The molecule has 1 atom stereocenters. The molecule has 0 fully saturated rings. The van der Waals surface area contributed by atoms with Crippen molar-refractivity contribution in [2.24, 2.45) is 0 Å². The van der Waals surface area contributed by atoms with Gasteiger partial charge in [0.25, 0.3) is 0 Å². The molecule has 1 heterocycles. The van der Waals surface area contributed by atoms with E-state index < -0.39 is 17.7 Å². The van der Waals surface area contributed by atoms with Crippen molar-refractivity contribution < 1.29 is 9.90 Å². The molecule has 2 aromatic rings. The Labute approximate surface area is 123 Å². The van der Waals surface area contributed by atoms with E-state index in [0.717, 1.165) is 5.56 Å². The van der Waals surface area contributed by atoms with Crippen LogP contribution < -0.4 is 0 Å². The highest BCUT2D eigenvalue weighted by atomic mass is 16.4. The average Bonchev–Trinajstić information content (AvgIpc) is 2.90. The van der Waals surface area contributed by atoms with Gasteiger partial charge >= 0.3 is 6.09 Å². The molecule has 0 aliphatic heterocycles. The van der Waals surface area contributed by atoms with Gasteiger partial charge in [-0.1, -0.05) is 35.5 Å². The maximum absolute atomic E-state index is 11.7. The third-order valence-electron chi connectivity index (χ3n) is 3.17. The predicted molar refractivity (Wildman–Crippen MR) is 76.7 cm³/mol. The van der Waals surface area contributed by atoms with E-state index >= 15 is 0 Å². The molecule has 0 unspecified atom stereocenters. The van der Waals surface area contributed by atoms with Crippen LogP contribution >= 0.6 is 0 Å². The number of nitrogens with one attached hydrogen (secondary N) is 1. The molecule has 1 aromatic heterocycles. The molecule has 112 valence electrons. The molecule has 21 heavy (non-hydrogen) atoms. The fraction of sp³-hybridized carbons (Fsp3) is 0.429. The highest BCUT2D eigenvalue weighted by Crippen LogP contribution is 2.29. The van der Waals surface area contributed by atoms with Gasteiger partial charge < -0.3 is 5.11 Å². The largest absolute Gasteiger partial charge is 0.465 e. The van der Waals surface area contributed by atoms with Crippen LogP contribution in [0.25, 0.3) is 0 Å². The molecule has 2 N–H and O–H groups in total. The molecule has 1 amide bonds. The van der Waals surface area contributed by atoms with Crippen molar-refractivity contribution in [3.8, 4) is 0 Å². The van der Waals surface area contributed by atoms with E-state index in [1.807, 2.05) is 51.1 Å². The summed E-state index contributed by atoms with van der Waals surface area (Å²) in [6, 6.07) is 9.18. The van der Waals surface area contributed by atoms with Gasteiger partial charge in [-0.25, -0.2) is 4.79 Å². The predicted octanol–water partition coefficient (Wildman–Crippen LogP) is 2.26. The Balaban J connectivity index is 2.38. The number of tetrazole rings is 1. The number of amides is 1. The smallest absolute Gasteiger partial charge is 0.408 e. The first-order valence-electron chi connectivity index (χ1n) is 6.69. The third kappa shape index (κ3) is 3.56. The summed E-state index contributed by atoms with van der Waals surface area (Å²) in [5.41, 5.74) is 0.439. The van der Waals surface area contributed by atoms with Crippen LogP contribution in [0.15, 0.2) is 30.3 Å². The SMILES string of the molecule is CC(C)(C)N(C(=O)O)[C@@H](Cc1ccccc1)c1nn[nH]n1. The van der Waals surface area contributed by atoms with E-state index in [9.17, 15) is 9.90 Å². The zero-order chi connectivity index (χ0) is 15.5. The Morgan fingerprint density at radius 1 is 1.33 bits per heavy atom. The van der Waals surface area contributed by atoms with Crippen molar-refractivity contribution in [2.75, 3.05) is 0 Å². The van der Waals surface area contributed by atoms with Gasteiger partial charge in [0, 0.05) is 12.0 Å². The number of rotatable bonds is 4. The lowest BCUT2D eigenvalue weighted by molar-refractivity contribution is 0.0668. The fourth-order valence-corrected chi connectivity index (χ4v) is 2.33. The summed E-state index contributed by atoms with van der Waals surface area (Å²) in [4.78, 5) is 13.1. The van der Waals surface area contributed by atoms with Crippen molar-refractivity contribution in [3.63, 3.8) is 0 Å². The Hall–Kier alpha value is -2.44. The molecule has 0 aliphatic rings. The molecule has 0 saturated carbocycles. The van der Waals surface area contributed by atoms with Crippen LogP contribution in [0.3, 0.4) is 0 Å². The number of hydrogen-bond donors (Lipinski definition) is 2. The molecule has 7 nitrogen and oxygen atoms in total. The molecule has 0 bridgehead atoms. The second kappa shape index (κ2) is 5.90. The number of hydrogen-bond acceptors (Lipinski definition) is 4. The Morgan fingerprint density at radius 2 is 2.00 bits per heavy atom. The molecule has 0 saturated heterocycles. The van der Waals surface area contributed by atoms with Crippen molar-refractivity contribution in [2.45, 2.75) is 38.8 Å². The first-order chi connectivity index (χ1) is 9.89. The highest BCUT2D eigenvalue weighted by molar-refractivity contribution is 5.66. The van der Waals surface area contributed by atoms with Gasteiger partial charge in [0.1, 0.15) is 6.04 Å².